The molecule has 122 valence electrons. The molecule has 1 N–H and O–H groups in total. The van der Waals surface area contributed by atoms with Crippen molar-refractivity contribution in [3.8, 4) is 0 Å². The van der Waals surface area contributed by atoms with Crippen LogP contribution in [0.4, 0.5) is 4.79 Å². The van der Waals surface area contributed by atoms with Crippen LogP contribution in [0.15, 0.2) is 24.3 Å². The molecule has 0 aliphatic heterocycles. The van der Waals surface area contributed by atoms with Crippen molar-refractivity contribution in [3.63, 3.8) is 0 Å². The minimum absolute atomic E-state index is 0.279. The number of nitrogens with one attached hydrogen (secondary N) is 1. The summed E-state index contributed by atoms with van der Waals surface area (Å²) in [5.41, 5.74) is 0.674. The second-order valence-corrected chi connectivity index (χ2v) is 7.22. The number of alkyl carbamates (subject to hydrolysis) is 1. The van der Waals surface area contributed by atoms with Crippen LogP contribution in [0.2, 0.25) is 5.02 Å². The third kappa shape index (κ3) is 5.85. The largest absolute Gasteiger partial charge is 0.444 e. The predicted octanol–water partition coefficient (Wildman–Crippen LogP) is 4.16. The summed E-state index contributed by atoms with van der Waals surface area (Å²) in [5.74, 6) is 0.475. The highest BCUT2D eigenvalue weighted by Gasteiger charge is 2.30. The number of carbonyl (C=O) groups excluding carboxylic acids is 1. The number of carbonyl (C=O) groups is 1. The van der Waals surface area contributed by atoms with Crippen LogP contribution in [0, 0.1) is 5.92 Å². The lowest BCUT2D eigenvalue weighted by atomic mass is 9.82. The Bertz CT molecular complexity index is 490. The van der Waals surface area contributed by atoms with Gasteiger partial charge in [0.2, 0.25) is 0 Å². The number of rotatable bonds is 5. The van der Waals surface area contributed by atoms with Gasteiger partial charge in [-0.3, -0.25) is 0 Å². The molecule has 0 saturated heterocycles. The lowest BCUT2D eigenvalue weighted by molar-refractivity contribution is -0.0401. The standard InChI is InChI=1S/C17H24ClNO3/c1-17(2,3)22-16(20)19-10-13-8-15(9-13)21-11-12-4-6-14(18)7-5-12/h4-7,13,15H,8-11H2,1-3H3,(H,19,20). The number of hydrogen-bond acceptors (Lipinski definition) is 3. The molecule has 1 amide bonds. The van der Waals surface area contributed by atoms with Crippen molar-refractivity contribution in [3.05, 3.63) is 34.9 Å². The van der Waals surface area contributed by atoms with E-state index in [4.69, 9.17) is 21.1 Å². The summed E-state index contributed by atoms with van der Waals surface area (Å²) in [7, 11) is 0. The van der Waals surface area contributed by atoms with Crippen molar-refractivity contribution in [2.75, 3.05) is 6.54 Å². The summed E-state index contributed by atoms with van der Waals surface area (Å²) < 4.78 is 11.0. The van der Waals surface area contributed by atoms with Gasteiger partial charge < -0.3 is 14.8 Å². The maximum atomic E-state index is 11.5. The van der Waals surface area contributed by atoms with E-state index in [0.29, 0.717) is 19.1 Å². The number of amides is 1. The maximum absolute atomic E-state index is 11.5. The Kier molecular flexibility index (Phi) is 5.70. The van der Waals surface area contributed by atoms with Gasteiger partial charge in [0.25, 0.3) is 0 Å². The minimum atomic E-state index is -0.450. The Morgan fingerprint density at radius 2 is 1.91 bits per heavy atom. The Hall–Kier alpha value is -1.26. The summed E-state index contributed by atoms with van der Waals surface area (Å²) >= 11 is 5.85. The molecule has 0 aromatic heterocycles. The van der Waals surface area contributed by atoms with E-state index in [1.54, 1.807) is 0 Å². The van der Waals surface area contributed by atoms with Gasteiger partial charge in [-0.15, -0.1) is 0 Å². The quantitative estimate of drug-likeness (QED) is 0.884. The van der Waals surface area contributed by atoms with Crippen molar-refractivity contribution in [2.45, 2.75) is 51.9 Å². The Morgan fingerprint density at radius 1 is 1.27 bits per heavy atom. The van der Waals surface area contributed by atoms with Crippen LogP contribution < -0.4 is 5.32 Å². The zero-order chi connectivity index (χ0) is 16.2. The molecule has 5 heteroatoms. The van der Waals surface area contributed by atoms with Crippen LogP contribution in [-0.4, -0.2) is 24.3 Å². The second-order valence-electron chi connectivity index (χ2n) is 6.78. The monoisotopic (exact) mass is 325 g/mol. The van der Waals surface area contributed by atoms with Crippen LogP contribution in [0.25, 0.3) is 0 Å². The van der Waals surface area contributed by atoms with Gasteiger partial charge >= 0.3 is 6.09 Å². The highest BCUT2D eigenvalue weighted by Crippen LogP contribution is 2.30. The molecule has 1 aliphatic carbocycles. The fraction of sp³-hybridized carbons (Fsp3) is 0.588. The van der Waals surface area contributed by atoms with Crippen LogP contribution in [0.1, 0.15) is 39.2 Å². The van der Waals surface area contributed by atoms with Crippen molar-refractivity contribution in [1.82, 2.24) is 5.32 Å². The first-order valence-corrected chi connectivity index (χ1v) is 8.02. The average molecular weight is 326 g/mol. The van der Waals surface area contributed by atoms with E-state index in [-0.39, 0.29) is 12.2 Å². The van der Waals surface area contributed by atoms with Gasteiger partial charge in [-0.25, -0.2) is 4.79 Å². The van der Waals surface area contributed by atoms with Crippen LogP contribution >= 0.6 is 11.6 Å². The third-order valence-electron chi connectivity index (χ3n) is 3.53. The fourth-order valence-corrected chi connectivity index (χ4v) is 2.44. The Labute approximate surface area is 137 Å². The Balaban J connectivity index is 1.58. The number of ether oxygens (including phenoxy) is 2. The molecule has 0 spiro atoms. The van der Waals surface area contributed by atoms with Crippen molar-refractivity contribution in [1.29, 1.82) is 0 Å². The first kappa shape index (κ1) is 17.1. The number of hydrogen-bond donors (Lipinski definition) is 1. The van der Waals surface area contributed by atoms with E-state index in [9.17, 15) is 4.79 Å². The molecule has 1 saturated carbocycles. The molecule has 4 nitrogen and oxygen atoms in total. The van der Waals surface area contributed by atoms with Gasteiger partial charge in [-0.1, -0.05) is 23.7 Å². The minimum Gasteiger partial charge on any atom is -0.444 e. The molecular weight excluding hydrogens is 302 g/mol. The molecule has 0 atom stereocenters. The lowest BCUT2D eigenvalue weighted by Gasteiger charge is -2.35. The second kappa shape index (κ2) is 7.34. The van der Waals surface area contributed by atoms with E-state index >= 15 is 0 Å². The fourth-order valence-electron chi connectivity index (χ4n) is 2.31. The van der Waals surface area contributed by atoms with E-state index in [1.165, 1.54) is 0 Å². The molecule has 0 radical (unpaired) electrons. The van der Waals surface area contributed by atoms with Gasteiger partial charge in [-0.05, 0) is 57.2 Å². The van der Waals surface area contributed by atoms with Gasteiger partial charge in [0.05, 0.1) is 12.7 Å². The Morgan fingerprint density at radius 3 is 2.50 bits per heavy atom. The van der Waals surface area contributed by atoms with Crippen LogP contribution in [-0.2, 0) is 16.1 Å². The predicted molar refractivity (Wildman–Crippen MR) is 87.0 cm³/mol. The summed E-state index contributed by atoms with van der Waals surface area (Å²) in [4.78, 5) is 11.5. The smallest absolute Gasteiger partial charge is 0.407 e. The van der Waals surface area contributed by atoms with E-state index < -0.39 is 5.60 Å². The van der Waals surface area contributed by atoms with Gasteiger partial charge in [0, 0.05) is 11.6 Å². The molecule has 1 aromatic rings. The van der Waals surface area contributed by atoms with Crippen molar-refractivity contribution < 1.29 is 14.3 Å². The number of halogens is 1. The first-order chi connectivity index (χ1) is 10.3. The lowest BCUT2D eigenvalue weighted by Crippen LogP contribution is -2.41. The van der Waals surface area contributed by atoms with Crippen molar-refractivity contribution in [2.24, 2.45) is 5.92 Å². The zero-order valence-corrected chi connectivity index (χ0v) is 14.2. The highest BCUT2D eigenvalue weighted by molar-refractivity contribution is 6.30. The van der Waals surface area contributed by atoms with Gasteiger partial charge in [0.15, 0.2) is 0 Å². The first-order valence-electron chi connectivity index (χ1n) is 7.65. The summed E-state index contributed by atoms with van der Waals surface area (Å²) in [6.07, 6.45) is 1.88. The molecule has 1 aliphatic rings. The normalized spacial score (nSPS) is 21.1. The summed E-state index contributed by atoms with van der Waals surface area (Å²) in [6.45, 7) is 6.83. The van der Waals surface area contributed by atoms with E-state index in [2.05, 4.69) is 5.32 Å². The maximum Gasteiger partial charge on any atom is 0.407 e. The van der Waals surface area contributed by atoms with Gasteiger partial charge in [0.1, 0.15) is 5.60 Å². The average Bonchev–Trinajstić information content (AvgIpc) is 2.36. The van der Waals surface area contributed by atoms with E-state index in [1.807, 2.05) is 45.0 Å². The molecule has 22 heavy (non-hydrogen) atoms. The van der Waals surface area contributed by atoms with Crippen molar-refractivity contribution >= 4 is 17.7 Å². The summed E-state index contributed by atoms with van der Waals surface area (Å²) in [6, 6.07) is 7.69. The van der Waals surface area contributed by atoms with Gasteiger partial charge in [-0.2, -0.15) is 0 Å². The molecule has 1 aromatic carbocycles. The topological polar surface area (TPSA) is 47.6 Å². The SMILES string of the molecule is CC(C)(C)OC(=O)NCC1CC(OCc2ccc(Cl)cc2)C1. The highest BCUT2D eigenvalue weighted by atomic mass is 35.5. The molecule has 0 unspecified atom stereocenters. The molecule has 0 heterocycles. The molecule has 0 bridgehead atoms. The summed E-state index contributed by atoms with van der Waals surface area (Å²) in [5, 5.41) is 3.55. The van der Waals surface area contributed by atoms with Crippen LogP contribution in [0.5, 0.6) is 0 Å². The zero-order valence-electron chi connectivity index (χ0n) is 13.4. The molecule has 1 fully saturated rings. The third-order valence-corrected chi connectivity index (χ3v) is 3.78. The number of benzene rings is 1. The molecular formula is C17H24ClNO3. The van der Waals surface area contributed by atoms with Crippen LogP contribution in [0.3, 0.4) is 0 Å². The van der Waals surface area contributed by atoms with E-state index in [0.717, 1.165) is 23.4 Å². The molecule has 2 rings (SSSR count).